The molecular weight excluding hydrogens is 204 g/mol. The zero-order valence-electron chi connectivity index (χ0n) is 8.75. The predicted octanol–water partition coefficient (Wildman–Crippen LogP) is -0.359. The monoisotopic (exact) mass is 218 g/mol. The molecule has 80 valence electrons. The van der Waals surface area contributed by atoms with Crippen LogP contribution < -0.4 is 0 Å². The number of carbonyl (C=O) groups excluding carboxylic acids is 2. The minimum Gasteiger partial charge on any atom is -0.463 e. The van der Waals surface area contributed by atoms with Gasteiger partial charge >= 0.3 is 17.9 Å². The van der Waals surface area contributed by atoms with E-state index < -0.39 is 11.9 Å². The SMILES string of the molecule is CCOC(OC(C)=O)=C([SiH3])OC(C)=O. The number of rotatable bonds is 4. The molecule has 6 heteroatoms. The lowest BCUT2D eigenvalue weighted by Gasteiger charge is -2.10. The fourth-order valence-electron chi connectivity index (χ4n) is 0.722. The van der Waals surface area contributed by atoms with E-state index in [1.54, 1.807) is 6.92 Å². The van der Waals surface area contributed by atoms with Gasteiger partial charge in [-0.3, -0.25) is 9.59 Å². The molecule has 0 bridgehead atoms. The topological polar surface area (TPSA) is 61.8 Å². The number of esters is 2. The summed E-state index contributed by atoms with van der Waals surface area (Å²) in [5.74, 6) is -0.977. The summed E-state index contributed by atoms with van der Waals surface area (Å²) in [6, 6.07) is 0. The van der Waals surface area contributed by atoms with Gasteiger partial charge in [0.15, 0.2) is 5.38 Å². The van der Waals surface area contributed by atoms with Gasteiger partial charge in [0.2, 0.25) is 0 Å². The molecule has 0 atom stereocenters. The normalized spacial score (nSPS) is 11.6. The fraction of sp³-hybridized carbons (Fsp3) is 0.500. The van der Waals surface area contributed by atoms with E-state index in [-0.39, 0.29) is 11.3 Å². The molecule has 0 unspecified atom stereocenters. The molecule has 0 aromatic carbocycles. The van der Waals surface area contributed by atoms with Crippen molar-refractivity contribution in [1.29, 1.82) is 0 Å². The van der Waals surface area contributed by atoms with Crippen molar-refractivity contribution in [2.45, 2.75) is 20.8 Å². The highest BCUT2D eigenvalue weighted by Crippen LogP contribution is 2.07. The van der Waals surface area contributed by atoms with Crippen LogP contribution in [0.1, 0.15) is 20.8 Å². The maximum absolute atomic E-state index is 10.7. The van der Waals surface area contributed by atoms with Gasteiger partial charge in [0.05, 0.1) is 16.8 Å². The molecule has 0 aliphatic carbocycles. The molecule has 0 saturated carbocycles. The summed E-state index contributed by atoms with van der Waals surface area (Å²) in [6.07, 6.45) is 0. The molecule has 0 aliphatic heterocycles. The largest absolute Gasteiger partial charge is 0.463 e. The Morgan fingerprint density at radius 2 is 1.64 bits per heavy atom. The van der Waals surface area contributed by atoms with Crippen molar-refractivity contribution in [3.63, 3.8) is 0 Å². The van der Waals surface area contributed by atoms with Crippen LogP contribution in [0.15, 0.2) is 11.3 Å². The van der Waals surface area contributed by atoms with Crippen molar-refractivity contribution in [3.8, 4) is 0 Å². The predicted molar refractivity (Wildman–Crippen MR) is 52.1 cm³/mol. The number of hydrogen-bond acceptors (Lipinski definition) is 5. The minimum absolute atomic E-state index is 0.0122. The van der Waals surface area contributed by atoms with Crippen LogP contribution in [0.25, 0.3) is 0 Å². The Kier molecular flexibility index (Phi) is 5.62. The second kappa shape index (κ2) is 6.20. The first-order chi connectivity index (χ1) is 6.47. The summed E-state index contributed by atoms with van der Waals surface area (Å²) in [5, 5.41) is 0.273. The average molecular weight is 218 g/mol. The molecule has 0 spiro atoms. The highest BCUT2D eigenvalue weighted by Gasteiger charge is 2.10. The Labute approximate surface area is 85.4 Å². The number of ether oxygens (including phenoxy) is 3. The Balaban J connectivity index is 4.56. The Hall–Kier alpha value is -1.30. The molecule has 0 fully saturated rings. The third-order valence-corrected chi connectivity index (χ3v) is 1.71. The van der Waals surface area contributed by atoms with E-state index in [2.05, 4.69) is 0 Å². The van der Waals surface area contributed by atoms with E-state index >= 15 is 0 Å². The summed E-state index contributed by atoms with van der Waals surface area (Å²) in [4.78, 5) is 21.3. The minimum atomic E-state index is -0.506. The lowest BCUT2D eigenvalue weighted by atomic mass is 10.7. The van der Waals surface area contributed by atoms with E-state index in [0.29, 0.717) is 16.8 Å². The third kappa shape index (κ3) is 5.36. The summed E-state index contributed by atoms with van der Waals surface area (Å²) in [7, 11) is 0.424. The Bertz CT molecular complexity index is 258. The first-order valence-electron chi connectivity index (χ1n) is 4.17. The van der Waals surface area contributed by atoms with Crippen LogP contribution in [-0.4, -0.2) is 28.8 Å². The Morgan fingerprint density at radius 3 is 2.00 bits per heavy atom. The number of carbonyl (C=O) groups is 2. The van der Waals surface area contributed by atoms with Gasteiger partial charge in [0, 0.05) is 13.8 Å². The first-order valence-corrected chi connectivity index (χ1v) is 5.17. The van der Waals surface area contributed by atoms with Gasteiger partial charge in [0.25, 0.3) is 0 Å². The molecule has 0 aliphatic rings. The summed E-state index contributed by atoms with van der Waals surface area (Å²) >= 11 is 0. The second-order valence-corrected chi connectivity index (χ2v) is 3.37. The maximum atomic E-state index is 10.7. The summed E-state index contributed by atoms with van der Waals surface area (Å²) in [5.41, 5.74) is 0. The van der Waals surface area contributed by atoms with Crippen LogP contribution in [0.3, 0.4) is 0 Å². The van der Waals surface area contributed by atoms with Gasteiger partial charge in [-0.1, -0.05) is 0 Å². The van der Waals surface area contributed by atoms with E-state index in [0.717, 1.165) is 0 Å². The zero-order valence-corrected chi connectivity index (χ0v) is 10.7. The molecular formula is C8H14O5Si. The highest BCUT2D eigenvalue weighted by atomic mass is 28.1. The fourth-order valence-corrected chi connectivity index (χ4v) is 1.26. The van der Waals surface area contributed by atoms with E-state index in [9.17, 15) is 9.59 Å². The van der Waals surface area contributed by atoms with Crippen LogP contribution in [0, 0.1) is 0 Å². The molecule has 5 nitrogen and oxygen atoms in total. The molecule has 0 radical (unpaired) electrons. The van der Waals surface area contributed by atoms with Gasteiger partial charge in [-0.15, -0.1) is 0 Å². The molecule has 0 aromatic rings. The lowest BCUT2D eigenvalue weighted by Crippen LogP contribution is -2.10. The highest BCUT2D eigenvalue weighted by molar-refractivity contribution is 6.21. The van der Waals surface area contributed by atoms with Gasteiger partial charge in [-0.2, -0.15) is 0 Å². The quantitative estimate of drug-likeness (QED) is 0.366. The van der Waals surface area contributed by atoms with Crippen molar-refractivity contribution < 1.29 is 23.8 Å². The zero-order chi connectivity index (χ0) is 11.1. The molecule has 0 rings (SSSR count). The molecule has 0 saturated heterocycles. The third-order valence-electron chi connectivity index (χ3n) is 1.10. The van der Waals surface area contributed by atoms with Crippen LogP contribution in [0.5, 0.6) is 0 Å². The van der Waals surface area contributed by atoms with Crippen molar-refractivity contribution in [2.75, 3.05) is 6.61 Å². The lowest BCUT2D eigenvalue weighted by molar-refractivity contribution is -0.145. The van der Waals surface area contributed by atoms with E-state index in [1.165, 1.54) is 13.8 Å². The van der Waals surface area contributed by atoms with Gasteiger partial charge in [-0.05, 0) is 6.92 Å². The molecule has 14 heavy (non-hydrogen) atoms. The van der Waals surface area contributed by atoms with Crippen molar-refractivity contribution in [2.24, 2.45) is 0 Å². The molecule has 0 amide bonds. The van der Waals surface area contributed by atoms with Crippen molar-refractivity contribution >= 4 is 22.2 Å². The smallest absolute Gasteiger partial charge is 0.320 e. The first kappa shape index (κ1) is 12.7. The Morgan fingerprint density at radius 1 is 1.14 bits per heavy atom. The van der Waals surface area contributed by atoms with Crippen molar-refractivity contribution in [3.05, 3.63) is 11.3 Å². The van der Waals surface area contributed by atoms with Crippen LogP contribution in [0.4, 0.5) is 0 Å². The molecule has 0 aromatic heterocycles. The van der Waals surface area contributed by atoms with Crippen LogP contribution in [0.2, 0.25) is 0 Å². The van der Waals surface area contributed by atoms with Crippen LogP contribution in [-0.2, 0) is 23.8 Å². The average Bonchev–Trinajstić information content (AvgIpc) is 2.01. The van der Waals surface area contributed by atoms with Gasteiger partial charge < -0.3 is 14.2 Å². The van der Waals surface area contributed by atoms with E-state index in [1.807, 2.05) is 0 Å². The maximum Gasteiger partial charge on any atom is 0.320 e. The standard InChI is InChI=1S/C8H14O5Si/c1-4-11-7(12-5(2)9)8(14)13-6(3)10/h4H2,1-3,14H3. The van der Waals surface area contributed by atoms with Crippen LogP contribution >= 0.6 is 0 Å². The van der Waals surface area contributed by atoms with Gasteiger partial charge in [0.1, 0.15) is 0 Å². The summed E-state index contributed by atoms with van der Waals surface area (Å²) < 4.78 is 14.5. The molecule has 0 N–H and O–H groups in total. The van der Waals surface area contributed by atoms with E-state index in [4.69, 9.17) is 14.2 Å². The summed E-state index contributed by atoms with van der Waals surface area (Å²) in [6.45, 7) is 4.61. The van der Waals surface area contributed by atoms with Gasteiger partial charge in [-0.25, -0.2) is 0 Å². The number of hydrogen-bond donors (Lipinski definition) is 0. The van der Waals surface area contributed by atoms with Crippen molar-refractivity contribution in [1.82, 2.24) is 0 Å². The molecule has 0 heterocycles. The second-order valence-electron chi connectivity index (χ2n) is 2.46.